The average molecular weight is 336 g/mol. The first-order chi connectivity index (χ1) is 11.5. The highest BCUT2D eigenvalue weighted by Gasteiger charge is 2.31. The van der Waals surface area contributed by atoms with Crippen molar-refractivity contribution in [1.82, 2.24) is 9.80 Å². The number of ether oxygens (including phenoxy) is 1. The van der Waals surface area contributed by atoms with Gasteiger partial charge in [-0.05, 0) is 49.6 Å². The second-order valence-corrected chi connectivity index (χ2v) is 6.83. The predicted molar refractivity (Wildman–Crippen MR) is 88.5 cm³/mol. The van der Waals surface area contributed by atoms with E-state index in [0.717, 1.165) is 37.9 Å². The molecule has 3 rings (SSSR count). The van der Waals surface area contributed by atoms with E-state index in [9.17, 15) is 9.18 Å². The van der Waals surface area contributed by atoms with Crippen LogP contribution in [0.1, 0.15) is 30.0 Å². The van der Waals surface area contributed by atoms with Crippen molar-refractivity contribution in [3.63, 3.8) is 0 Å². The van der Waals surface area contributed by atoms with Gasteiger partial charge in [0.1, 0.15) is 5.82 Å². The first-order valence-electron chi connectivity index (χ1n) is 8.57. The standard InChI is InChI=1S/C18H25FN2O3/c1-20(12-18(22)23)10-15-11-21(7-8-24-15)17-4-2-3-13-5-6-14(19)9-16(13)17/h5-6,9,15,17H,2-4,7-8,10-12H2,1H3,(H,22,23). The Morgan fingerprint density at radius 3 is 3.12 bits per heavy atom. The van der Waals surface area contributed by atoms with Gasteiger partial charge in [0.25, 0.3) is 0 Å². The highest BCUT2D eigenvalue weighted by Crippen LogP contribution is 2.35. The number of halogens is 1. The molecule has 0 spiro atoms. The van der Waals surface area contributed by atoms with Crippen molar-refractivity contribution in [1.29, 1.82) is 0 Å². The third-order valence-electron chi connectivity index (χ3n) is 4.92. The van der Waals surface area contributed by atoms with Crippen LogP contribution in [0.5, 0.6) is 0 Å². The van der Waals surface area contributed by atoms with Crippen molar-refractivity contribution < 1.29 is 19.0 Å². The Labute approximate surface area is 142 Å². The molecule has 6 heteroatoms. The fraction of sp³-hybridized carbons (Fsp3) is 0.611. The van der Waals surface area contributed by atoms with Gasteiger partial charge in [-0.25, -0.2) is 4.39 Å². The zero-order valence-corrected chi connectivity index (χ0v) is 14.1. The summed E-state index contributed by atoms with van der Waals surface area (Å²) >= 11 is 0. The lowest BCUT2D eigenvalue weighted by Crippen LogP contribution is -2.49. The Kier molecular flexibility index (Phi) is 5.48. The lowest BCUT2D eigenvalue weighted by Gasteiger charge is -2.41. The van der Waals surface area contributed by atoms with E-state index in [2.05, 4.69) is 4.90 Å². The molecule has 1 aromatic carbocycles. The molecule has 1 aliphatic heterocycles. The first kappa shape index (κ1) is 17.3. The predicted octanol–water partition coefficient (Wildman–Crippen LogP) is 1.92. The third-order valence-corrected chi connectivity index (χ3v) is 4.92. The Bertz CT molecular complexity index is 596. The molecular weight excluding hydrogens is 311 g/mol. The molecule has 1 N–H and O–H groups in total. The van der Waals surface area contributed by atoms with Crippen molar-refractivity contribution in [3.8, 4) is 0 Å². The Balaban J connectivity index is 1.67. The summed E-state index contributed by atoms with van der Waals surface area (Å²) in [6.07, 6.45) is 3.15. The number of fused-ring (bicyclic) bond motifs is 1. The van der Waals surface area contributed by atoms with Crippen LogP contribution in [0, 0.1) is 5.82 Å². The Morgan fingerprint density at radius 2 is 2.33 bits per heavy atom. The summed E-state index contributed by atoms with van der Waals surface area (Å²) in [5.41, 5.74) is 2.36. The van der Waals surface area contributed by atoms with Crippen molar-refractivity contribution in [2.45, 2.75) is 31.4 Å². The molecule has 0 amide bonds. The van der Waals surface area contributed by atoms with Crippen molar-refractivity contribution in [2.75, 3.05) is 39.8 Å². The summed E-state index contributed by atoms with van der Waals surface area (Å²) in [6, 6.07) is 5.38. The number of carboxylic acids is 1. The van der Waals surface area contributed by atoms with Gasteiger partial charge in [0.2, 0.25) is 0 Å². The number of aryl methyl sites for hydroxylation is 1. The van der Waals surface area contributed by atoms with E-state index in [4.69, 9.17) is 9.84 Å². The fourth-order valence-electron chi connectivity index (χ4n) is 3.90. The number of likely N-dealkylation sites (N-methyl/N-ethyl adjacent to an activating group) is 1. The second kappa shape index (κ2) is 7.59. The number of nitrogens with zero attached hydrogens (tertiary/aromatic N) is 2. The minimum Gasteiger partial charge on any atom is -0.480 e. The van der Waals surface area contributed by atoms with Gasteiger partial charge < -0.3 is 9.84 Å². The molecule has 0 radical (unpaired) electrons. The van der Waals surface area contributed by atoms with Crippen LogP contribution in [0.25, 0.3) is 0 Å². The van der Waals surface area contributed by atoms with Gasteiger partial charge in [-0.15, -0.1) is 0 Å². The number of hydrogen-bond donors (Lipinski definition) is 1. The van der Waals surface area contributed by atoms with E-state index in [1.165, 1.54) is 5.56 Å². The van der Waals surface area contributed by atoms with E-state index in [1.54, 1.807) is 24.1 Å². The minimum atomic E-state index is -0.832. The third kappa shape index (κ3) is 4.12. The van der Waals surface area contributed by atoms with Crippen molar-refractivity contribution in [3.05, 3.63) is 35.1 Å². The van der Waals surface area contributed by atoms with Gasteiger partial charge >= 0.3 is 5.97 Å². The smallest absolute Gasteiger partial charge is 0.317 e. The van der Waals surface area contributed by atoms with E-state index >= 15 is 0 Å². The lowest BCUT2D eigenvalue weighted by atomic mass is 9.86. The van der Waals surface area contributed by atoms with Gasteiger partial charge in [-0.2, -0.15) is 0 Å². The molecule has 1 aromatic rings. The molecule has 0 bridgehead atoms. The van der Waals surface area contributed by atoms with Gasteiger partial charge in [-0.1, -0.05) is 6.07 Å². The molecule has 2 atom stereocenters. The monoisotopic (exact) mass is 336 g/mol. The number of benzene rings is 1. The summed E-state index contributed by atoms with van der Waals surface area (Å²) in [6.45, 7) is 2.82. The molecule has 0 saturated carbocycles. The maximum atomic E-state index is 13.7. The van der Waals surface area contributed by atoms with E-state index in [1.807, 2.05) is 6.07 Å². The molecule has 2 aliphatic rings. The normalized spacial score (nSPS) is 24.8. The summed E-state index contributed by atoms with van der Waals surface area (Å²) in [5.74, 6) is -1.01. The van der Waals surface area contributed by atoms with Crippen LogP contribution >= 0.6 is 0 Å². The Hall–Kier alpha value is -1.50. The van der Waals surface area contributed by atoms with Crippen LogP contribution in [0.2, 0.25) is 0 Å². The van der Waals surface area contributed by atoms with Crippen LogP contribution in [0.15, 0.2) is 18.2 Å². The van der Waals surface area contributed by atoms with E-state index in [0.29, 0.717) is 13.2 Å². The van der Waals surface area contributed by atoms with Gasteiger partial charge in [0, 0.05) is 25.7 Å². The van der Waals surface area contributed by atoms with Crippen molar-refractivity contribution in [2.24, 2.45) is 0 Å². The molecule has 1 aliphatic carbocycles. The first-order valence-corrected chi connectivity index (χ1v) is 8.57. The van der Waals surface area contributed by atoms with Crippen LogP contribution in [0.4, 0.5) is 4.39 Å². The molecule has 132 valence electrons. The number of carboxylic acid groups (broad SMARTS) is 1. The molecule has 1 saturated heterocycles. The van der Waals surface area contributed by atoms with Crippen LogP contribution in [-0.4, -0.2) is 66.8 Å². The van der Waals surface area contributed by atoms with E-state index in [-0.39, 0.29) is 24.5 Å². The Morgan fingerprint density at radius 1 is 1.50 bits per heavy atom. The largest absolute Gasteiger partial charge is 0.480 e. The average Bonchev–Trinajstić information content (AvgIpc) is 2.53. The van der Waals surface area contributed by atoms with Gasteiger partial charge in [0.15, 0.2) is 0 Å². The SMILES string of the molecule is CN(CC(=O)O)CC1CN(C2CCCc3ccc(F)cc32)CCO1. The van der Waals surface area contributed by atoms with Crippen molar-refractivity contribution >= 4 is 5.97 Å². The van der Waals surface area contributed by atoms with Gasteiger partial charge in [0.05, 0.1) is 19.3 Å². The molecule has 24 heavy (non-hydrogen) atoms. The maximum Gasteiger partial charge on any atom is 0.317 e. The van der Waals surface area contributed by atoms with Crippen LogP contribution in [-0.2, 0) is 16.0 Å². The molecule has 2 unspecified atom stereocenters. The quantitative estimate of drug-likeness (QED) is 0.890. The summed E-state index contributed by atoms with van der Waals surface area (Å²) in [5, 5.41) is 8.88. The number of morpholine rings is 1. The highest BCUT2D eigenvalue weighted by atomic mass is 19.1. The number of hydrogen-bond acceptors (Lipinski definition) is 4. The summed E-state index contributed by atoms with van der Waals surface area (Å²) in [4.78, 5) is 14.9. The van der Waals surface area contributed by atoms with Crippen LogP contribution < -0.4 is 0 Å². The zero-order valence-electron chi connectivity index (χ0n) is 14.1. The molecule has 1 heterocycles. The van der Waals surface area contributed by atoms with E-state index < -0.39 is 5.97 Å². The number of aliphatic carboxylic acids is 1. The highest BCUT2D eigenvalue weighted by molar-refractivity contribution is 5.69. The fourth-order valence-corrected chi connectivity index (χ4v) is 3.90. The maximum absolute atomic E-state index is 13.7. The topological polar surface area (TPSA) is 53.0 Å². The molecule has 0 aromatic heterocycles. The minimum absolute atomic E-state index is 0.0112. The second-order valence-electron chi connectivity index (χ2n) is 6.83. The molecular formula is C18H25FN2O3. The molecule has 5 nitrogen and oxygen atoms in total. The molecule has 1 fully saturated rings. The lowest BCUT2D eigenvalue weighted by molar-refractivity contribution is -0.138. The number of rotatable bonds is 5. The summed E-state index contributed by atoms with van der Waals surface area (Å²) in [7, 11) is 1.79. The zero-order chi connectivity index (χ0) is 17.1. The van der Waals surface area contributed by atoms with Gasteiger partial charge in [-0.3, -0.25) is 14.6 Å². The number of carbonyl (C=O) groups is 1. The summed E-state index contributed by atoms with van der Waals surface area (Å²) < 4.78 is 19.5. The van der Waals surface area contributed by atoms with Crippen LogP contribution in [0.3, 0.4) is 0 Å².